The molecule has 0 unspecified atom stereocenters. The number of rotatable bonds is 4. The summed E-state index contributed by atoms with van der Waals surface area (Å²) < 4.78 is 7.13. The number of ether oxygens (including phenoxy) is 1. The van der Waals surface area contributed by atoms with Crippen LogP contribution < -0.4 is 11.3 Å². The predicted molar refractivity (Wildman–Crippen MR) is 105 cm³/mol. The van der Waals surface area contributed by atoms with Crippen LogP contribution in [0.5, 0.6) is 0 Å². The molecular formula is C21H28N2O4. The Labute approximate surface area is 160 Å². The largest absolute Gasteiger partial charge is 0.456 e. The molecule has 1 aromatic heterocycles. The SMILES string of the molecule is CC1=C(C(=O)OC(C)(C)CCN)c2c(C#CC(C)(C)O)cn(C)c(=O)c2C1. The number of aromatic nitrogens is 1. The Morgan fingerprint density at radius 3 is 2.56 bits per heavy atom. The zero-order chi connectivity index (χ0) is 20.6. The highest BCUT2D eigenvalue weighted by Crippen LogP contribution is 2.35. The van der Waals surface area contributed by atoms with Crippen LogP contribution in [0.25, 0.3) is 5.57 Å². The number of nitrogens with two attached hydrogens (primary N) is 1. The fourth-order valence-electron chi connectivity index (χ4n) is 3.11. The second-order valence-corrected chi connectivity index (χ2v) is 8.14. The third-order valence-electron chi connectivity index (χ3n) is 4.41. The van der Waals surface area contributed by atoms with Crippen molar-refractivity contribution in [2.24, 2.45) is 12.8 Å². The average molecular weight is 372 g/mol. The summed E-state index contributed by atoms with van der Waals surface area (Å²) in [6.07, 6.45) is 2.50. The van der Waals surface area contributed by atoms with Crippen molar-refractivity contribution >= 4 is 11.5 Å². The van der Waals surface area contributed by atoms with Crippen LogP contribution >= 0.6 is 0 Å². The van der Waals surface area contributed by atoms with E-state index in [9.17, 15) is 14.7 Å². The highest BCUT2D eigenvalue weighted by Gasteiger charge is 2.33. The van der Waals surface area contributed by atoms with Gasteiger partial charge < -0.3 is 20.1 Å². The highest BCUT2D eigenvalue weighted by molar-refractivity contribution is 6.20. The Hall–Kier alpha value is -2.36. The fourth-order valence-corrected chi connectivity index (χ4v) is 3.11. The van der Waals surface area contributed by atoms with E-state index < -0.39 is 17.2 Å². The number of pyridine rings is 1. The lowest BCUT2D eigenvalue weighted by Crippen LogP contribution is -2.31. The third-order valence-corrected chi connectivity index (χ3v) is 4.41. The van der Waals surface area contributed by atoms with Crippen LogP contribution in [0.1, 0.15) is 57.7 Å². The first-order chi connectivity index (χ1) is 12.4. The minimum Gasteiger partial charge on any atom is -0.456 e. The molecule has 0 saturated heterocycles. The molecule has 3 N–H and O–H groups in total. The zero-order valence-electron chi connectivity index (χ0n) is 16.9. The lowest BCUT2D eigenvalue weighted by atomic mass is 9.99. The Morgan fingerprint density at radius 2 is 2.00 bits per heavy atom. The van der Waals surface area contributed by atoms with E-state index in [4.69, 9.17) is 10.5 Å². The average Bonchev–Trinajstić information content (AvgIpc) is 2.85. The monoisotopic (exact) mass is 372 g/mol. The number of carbonyl (C=O) groups is 1. The molecule has 1 aliphatic rings. The third kappa shape index (κ3) is 4.68. The molecule has 146 valence electrons. The minimum atomic E-state index is -1.19. The van der Waals surface area contributed by atoms with Gasteiger partial charge in [0.15, 0.2) is 0 Å². The summed E-state index contributed by atoms with van der Waals surface area (Å²) in [4.78, 5) is 25.5. The molecular weight excluding hydrogens is 344 g/mol. The van der Waals surface area contributed by atoms with Gasteiger partial charge in [0.05, 0.1) is 5.57 Å². The maximum absolute atomic E-state index is 12.9. The second kappa shape index (κ2) is 7.34. The molecule has 0 saturated carbocycles. The lowest BCUT2D eigenvalue weighted by Gasteiger charge is -2.25. The summed E-state index contributed by atoms with van der Waals surface area (Å²) in [6, 6.07) is 0. The molecule has 1 aliphatic carbocycles. The predicted octanol–water partition coefficient (Wildman–Crippen LogP) is 1.51. The van der Waals surface area contributed by atoms with E-state index in [-0.39, 0.29) is 5.56 Å². The summed E-state index contributed by atoms with van der Waals surface area (Å²) in [6.45, 7) is 8.99. The molecule has 1 heterocycles. The van der Waals surface area contributed by atoms with E-state index >= 15 is 0 Å². The maximum Gasteiger partial charge on any atom is 0.339 e. The van der Waals surface area contributed by atoms with Gasteiger partial charge in [-0.05, 0) is 47.6 Å². The van der Waals surface area contributed by atoms with Crippen molar-refractivity contribution in [3.8, 4) is 11.8 Å². The number of carbonyl (C=O) groups excluding carboxylic acids is 1. The van der Waals surface area contributed by atoms with Gasteiger partial charge in [0.2, 0.25) is 0 Å². The van der Waals surface area contributed by atoms with Crippen molar-refractivity contribution in [2.45, 2.75) is 58.7 Å². The van der Waals surface area contributed by atoms with Gasteiger partial charge in [-0.25, -0.2) is 4.79 Å². The number of fused-ring (bicyclic) bond motifs is 1. The van der Waals surface area contributed by atoms with Gasteiger partial charge in [0.1, 0.15) is 11.2 Å². The Morgan fingerprint density at radius 1 is 1.37 bits per heavy atom. The van der Waals surface area contributed by atoms with Crippen LogP contribution in [-0.4, -0.2) is 33.4 Å². The summed E-state index contributed by atoms with van der Waals surface area (Å²) in [5.74, 6) is 5.20. The van der Waals surface area contributed by atoms with E-state index in [1.165, 1.54) is 4.57 Å². The Bertz CT molecular complexity index is 918. The molecule has 0 fully saturated rings. The van der Waals surface area contributed by atoms with E-state index in [2.05, 4.69) is 11.8 Å². The van der Waals surface area contributed by atoms with Crippen LogP contribution in [0.4, 0.5) is 0 Å². The Balaban J connectivity index is 2.59. The number of aryl methyl sites for hydroxylation is 1. The van der Waals surface area contributed by atoms with Crippen molar-refractivity contribution in [3.05, 3.63) is 38.8 Å². The highest BCUT2D eigenvalue weighted by atomic mass is 16.6. The van der Waals surface area contributed by atoms with Gasteiger partial charge in [-0.3, -0.25) is 4.79 Å². The molecule has 0 aromatic carbocycles. The smallest absolute Gasteiger partial charge is 0.339 e. The van der Waals surface area contributed by atoms with Crippen LogP contribution in [0.15, 0.2) is 16.6 Å². The number of allylic oxidation sites excluding steroid dienone is 1. The molecule has 2 rings (SSSR count). The first-order valence-electron chi connectivity index (χ1n) is 8.98. The summed E-state index contributed by atoms with van der Waals surface area (Å²) in [5, 5.41) is 9.93. The molecule has 0 radical (unpaired) electrons. The lowest BCUT2D eigenvalue weighted by molar-refractivity contribution is -0.149. The van der Waals surface area contributed by atoms with Crippen molar-refractivity contribution in [2.75, 3.05) is 6.54 Å². The number of hydrogen-bond acceptors (Lipinski definition) is 5. The molecule has 0 amide bonds. The van der Waals surface area contributed by atoms with E-state index in [1.807, 2.05) is 20.8 Å². The number of aliphatic hydroxyl groups is 1. The van der Waals surface area contributed by atoms with Gasteiger partial charge in [-0.2, -0.15) is 0 Å². The van der Waals surface area contributed by atoms with Crippen LogP contribution in [0.2, 0.25) is 0 Å². The first kappa shape index (κ1) is 20.9. The molecule has 0 atom stereocenters. The van der Waals surface area contributed by atoms with Crippen molar-refractivity contribution in [1.82, 2.24) is 4.57 Å². The molecule has 27 heavy (non-hydrogen) atoms. The summed E-state index contributed by atoms with van der Waals surface area (Å²) in [7, 11) is 1.65. The number of nitrogens with zero attached hydrogens (tertiary/aromatic N) is 1. The fraction of sp³-hybridized carbons (Fsp3) is 0.524. The zero-order valence-corrected chi connectivity index (χ0v) is 16.9. The quantitative estimate of drug-likeness (QED) is 0.617. The second-order valence-electron chi connectivity index (χ2n) is 8.14. The normalized spacial score (nSPS) is 13.9. The van der Waals surface area contributed by atoms with E-state index in [0.29, 0.717) is 41.6 Å². The molecule has 6 heteroatoms. The van der Waals surface area contributed by atoms with Crippen LogP contribution in [-0.2, 0) is 23.0 Å². The molecule has 1 aromatic rings. The summed E-state index contributed by atoms with van der Waals surface area (Å²) >= 11 is 0. The van der Waals surface area contributed by atoms with Crippen LogP contribution in [0, 0.1) is 11.8 Å². The van der Waals surface area contributed by atoms with Gasteiger partial charge in [-0.1, -0.05) is 17.4 Å². The molecule has 0 spiro atoms. The molecule has 0 aliphatic heterocycles. The van der Waals surface area contributed by atoms with Gasteiger partial charge in [0.25, 0.3) is 5.56 Å². The van der Waals surface area contributed by atoms with Crippen molar-refractivity contribution in [1.29, 1.82) is 0 Å². The molecule has 0 bridgehead atoms. The standard InChI is InChI=1S/C21H28N2O4/c1-13-11-15-17(16(13)19(25)27-21(4,5)9-10-22)14(7-8-20(2,3)26)12-23(6)18(15)24/h12,26H,9-11,22H2,1-6H3. The van der Waals surface area contributed by atoms with Gasteiger partial charge in [0, 0.05) is 36.4 Å². The van der Waals surface area contributed by atoms with Crippen LogP contribution in [0.3, 0.4) is 0 Å². The minimum absolute atomic E-state index is 0.165. The van der Waals surface area contributed by atoms with Crippen molar-refractivity contribution in [3.63, 3.8) is 0 Å². The number of esters is 1. The van der Waals surface area contributed by atoms with E-state index in [1.54, 1.807) is 27.1 Å². The van der Waals surface area contributed by atoms with Gasteiger partial charge in [-0.15, -0.1) is 0 Å². The van der Waals surface area contributed by atoms with Gasteiger partial charge >= 0.3 is 5.97 Å². The maximum atomic E-state index is 12.9. The topological polar surface area (TPSA) is 94.5 Å². The summed E-state index contributed by atoms with van der Waals surface area (Å²) in [5.41, 5.74) is 6.26. The number of hydrogen-bond donors (Lipinski definition) is 2. The van der Waals surface area contributed by atoms with E-state index in [0.717, 1.165) is 5.57 Å². The Kier molecular flexibility index (Phi) is 5.69. The molecule has 6 nitrogen and oxygen atoms in total. The van der Waals surface area contributed by atoms with Crippen molar-refractivity contribution < 1.29 is 14.6 Å². The first-order valence-corrected chi connectivity index (χ1v) is 8.98.